The van der Waals surface area contributed by atoms with E-state index in [1.807, 2.05) is 34.1 Å². The quantitative estimate of drug-likeness (QED) is 0.131. The highest BCUT2D eigenvalue weighted by Gasteiger charge is 2.31. The maximum atomic E-state index is 13.5. The third-order valence-corrected chi connectivity index (χ3v) is 12.8. The van der Waals surface area contributed by atoms with Crippen LogP contribution in [-0.4, -0.2) is 120 Å². The van der Waals surface area contributed by atoms with Gasteiger partial charge in [0.1, 0.15) is 0 Å². The van der Waals surface area contributed by atoms with Crippen molar-refractivity contribution in [1.29, 1.82) is 5.26 Å². The Hall–Kier alpha value is -6.55. The van der Waals surface area contributed by atoms with E-state index in [-0.39, 0.29) is 28.9 Å². The number of hydrogen-bond donors (Lipinski definition) is 0. The number of anilines is 2. The molecule has 4 heterocycles. The zero-order chi connectivity index (χ0) is 46.3. The third-order valence-electron chi connectivity index (χ3n) is 11.7. The fourth-order valence-corrected chi connectivity index (χ4v) is 8.74. The van der Waals surface area contributed by atoms with Gasteiger partial charge in [-0.2, -0.15) is 18.4 Å². The van der Waals surface area contributed by atoms with E-state index in [1.165, 1.54) is 36.4 Å². The number of carbonyl (C=O) groups is 2. The van der Waals surface area contributed by atoms with Crippen molar-refractivity contribution in [2.75, 3.05) is 94.8 Å². The van der Waals surface area contributed by atoms with E-state index in [0.29, 0.717) is 119 Å². The van der Waals surface area contributed by atoms with Gasteiger partial charge in [0.25, 0.3) is 17.5 Å². The van der Waals surface area contributed by atoms with Gasteiger partial charge in [-0.15, -0.1) is 0 Å². The first-order chi connectivity index (χ1) is 31.1. The number of non-ortho nitro benzene ring substituents is 1. The standard InChI is InChI=1S/C24H25F3N2O4S.C23H22N4O4/c1-34(31,32)20-6-7-22(28-12-14-33-15-13-28)21(16-20)23(30)29-10-8-18(9-11-29)17-2-4-19(5-3-17)24(25,26)27;24-16-17-1-3-18(4-2-17)19-7-9-26(10-8-19)23(28)21-15-20(27(29)30)5-6-22(21)25-11-13-31-14-12-25/h2-8,16H,9-15H2,1H3;1-7,15H,8-14H2. The van der Waals surface area contributed by atoms with Gasteiger partial charge in [-0.05, 0) is 83.6 Å². The maximum Gasteiger partial charge on any atom is 0.416 e. The predicted octanol–water partition coefficient (Wildman–Crippen LogP) is 7.11. The molecule has 2 fully saturated rings. The lowest BCUT2D eigenvalue weighted by Gasteiger charge is -2.32. The van der Waals surface area contributed by atoms with Crippen LogP contribution in [0.3, 0.4) is 0 Å². The lowest BCUT2D eigenvalue weighted by atomic mass is 9.97. The summed E-state index contributed by atoms with van der Waals surface area (Å²) in [5.74, 6) is -0.491. The molecule has 0 saturated carbocycles. The van der Waals surface area contributed by atoms with Gasteiger partial charge in [0.2, 0.25) is 0 Å². The minimum atomic E-state index is -4.39. The Balaban J connectivity index is 0.000000195. The van der Waals surface area contributed by atoms with Gasteiger partial charge in [-0.3, -0.25) is 19.7 Å². The number of nitro groups is 1. The van der Waals surface area contributed by atoms with E-state index in [4.69, 9.17) is 14.7 Å². The molecule has 2 amide bonds. The SMILES string of the molecule is CS(=O)(=O)c1ccc(N2CCOCC2)c(C(=O)N2CC=C(c3ccc(C(F)(F)F)cc3)CC2)c1.N#Cc1ccc(C2=CCN(C(=O)c3cc([N+](=O)[O-])ccc3N3CCOCC3)CC2)cc1. The van der Waals surface area contributed by atoms with Crippen molar-refractivity contribution in [1.82, 2.24) is 9.80 Å². The molecule has 8 rings (SSSR count). The number of nitriles is 1. The molecule has 0 bridgehead atoms. The fraction of sp³-hybridized carbons (Fsp3) is 0.340. The number of sulfone groups is 1. The number of carbonyl (C=O) groups excluding carboxylic acids is 2. The molecule has 2 saturated heterocycles. The van der Waals surface area contributed by atoms with Gasteiger partial charge in [-0.25, -0.2) is 8.42 Å². The monoisotopic (exact) mass is 912 g/mol. The van der Waals surface area contributed by atoms with E-state index < -0.39 is 26.5 Å². The Kier molecular flexibility index (Phi) is 14.4. The van der Waals surface area contributed by atoms with Crippen molar-refractivity contribution >= 4 is 49.9 Å². The average molecular weight is 913 g/mol. The Morgan fingerprint density at radius 1 is 0.692 bits per heavy atom. The van der Waals surface area contributed by atoms with Crippen LogP contribution >= 0.6 is 0 Å². The molecule has 0 N–H and O–H groups in total. The largest absolute Gasteiger partial charge is 0.416 e. The number of morpholine rings is 2. The Bertz CT molecular complexity index is 2640. The first-order valence-electron chi connectivity index (χ1n) is 21.0. The topological polar surface area (TPSA) is 167 Å². The molecule has 0 radical (unpaired) electrons. The fourth-order valence-electron chi connectivity index (χ4n) is 8.09. The van der Waals surface area contributed by atoms with Crippen molar-refractivity contribution < 1.29 is 45.6 Å². The highest BCUT2D eigenvalue weighted by molar-refractivity contribution is 7.90. The van der Waals surface area contributed by atoms with Gasteiger partial charge in [0.15, 0.2) is 9.84 Å². The lowest BCUT2D eigenvalue weighted by molar-refractivity contribution is -0.384. The number of benzene rings is 4. The summed E-state index contributed by atoms with van der Waals surface area (Å²) in [6.45, 7) is 6.23. The van der Waals surface area contributed by atoms with E-state index in [1.54, 1.807) is 34.1 Å². The van der Waals surface area contributed by atoms with Crippen LogP contribution in [0.4, 0.5) is 30.2 Å². The summed E-state index contributed by atoms with van der Waals surface area (Å²) in [6.07, 6.45) is 1.72. The molecule has 0 aromatic heterocycles. The van der Waals surface area contributed by atoms with Crippen molar-refractivity contribution in [3.8, 4) is 6.07 Å². The third kappa shape index (κ3) is 11.2. The van der Waals surface area contributed by atoms with Gasteiger partial charge in [-0.1, -0.05) is 36.4 Å². The number of nitrogens with zero attached hydrogens (tertiary/aromatic N) is 6. The molecule has 340 valence electrons. The van der Waals surface area contributed by atoms with Crippen molar-refractivity contribution in [3.05, 3.63) is 141 Å². The summed E-state index contributed by atoms with van der Waals surface area (Å²) in [5, 5.41) is 20.3. The van der Waals surface area contributed by atoms with E-state index in [2.05, 4.69) is 6.07 Å². The Morgan fingerprint density at radius 2 is 1.15 bits per heavy atom. The number of halogens is 3. The summed E-state index contributed by atoms with van der Waals surface area (Å²) in [6, 6.07) is 23.6. The van der Waals surface area contributed by atoms with Crippen molar-refractivity contribution in [3.63, 3.8) is 0 Å². The number of nitro benzene ring substituents is 1. The molecule has 4 aliphatic rings. The Labute approximate surface area is 374 Å². The van der Waals surface area contributed by atoms with Gasteiger partial charge >= 0.3 is 6.18 Å². The van der Waals surface area contributed by atoms with Crippen molar-refractivity contribution in [2.45, 2.75) is 23.9 Å². The molecule has 65 heavy (non-hydrogen) atoms. The normalized spacial score (nSPS) is 17.0. The molecule has 0 aliphatic carbocycles. The molecular weight excluding hydrogens is 866 g/mol. The Morgan fingerprint density at radius 3 is 1.57 bits per heavy atom. The highest BCUT2D eigenvalue weighted by Crippen LogP contribution is 2.33. The second-order valence-corrected chi connectivity index (χ2v) is 17.8. The highest BCUT2D eigenvalue weighted by atomic mass is 32.2. The van der Waals surface area contributed by atoms with Gasteiger partial charge < -0.3 is 29.1 Å². The minimum absolute atomic E-state index is 0.0749. The van der Waals surface area contributed by atoms with Crippen LogP contribution in [0.15, 0.2) is 102 Å². The number of hydrogen-bond acceptors (Lipinski definition) is 11. The summed E-state index contributed by atoms with van der Waals surface area (Å²) >= 11 is 0. The zero-order valence-electron chi connectivity index (χ0n) is 35.6. The first-order valence-corrected chi connectivity index (χ1v) is 22.9. The molecule has 4 aromatic rings. The number of alkyl halides is 3. The molecule has 0 atom stereocenters. The molecule has 0 spiro atoms. The average Bonchev–Trinajstić information content (AvgIpc) is 3.33. The molecule has 4 aliphatic heterocycles. The first kappa shape index (κ1) is 46.4. The zero-order valence-corrected chi connectivity index (χ0v) is 36.4. The van der Waals surface area contributed by atoms with Crippen molar-refractivity contribution in [2.24, 2.45) is 0 Å². The predicted molar refractivity (Wildman–Crippen MR) is 238 cm³/mol. The number of amides is 2. The van der Waals surface area contributed by atoms with Gasteiger partial charge in [0.05, 0.1) is 70.3 Å². The molecule has 14 nitrogen and oxygen atoms in total. The maximum absolute atomic E-state index is 13.5. The van der Waals surface area contributed by atoms with Crippen LogP contribution in [-0.2, 0) is 25.5 Å². The summed E-state index contributed by atoms with van der Waals surface area (Å²) in [5.41, 5.74) is 5.58. The van der Waals surface area contributed by atoms with E-state index in [0.717, 1.165) is 35.1 Å². The molecule has 4 aromatic carbocycles. The molecule has 0 unspecified atom stereocenters. The lowest BCUT2D eigenvalue weighted by Crippen LogP contribution is -2.39. The number of ether oxygens (including phenoxy) is 2. The van der Waals surface area contributed by atoms with Crippen LogP contribution in [0.1, 0.15) is 55.8 Å². The second kappa shape index (κ2) is 20.1. The van der Waals surface area contributed by atoms with Crippen LogP contribution in [0.25, 0.3) is 11.1 Å². The number of rotatable bonds is 8. The summed E-state index contributed by atoms with van der Waals surface area (Å²) < 4.78 is 73.5. The summed E-state index contributed by atoms with van der Waals surface area (Å²) in [4.78, 5) is 45.1. The van der Waals surface area contributed by atoms with Crippen LogP contribution in [0.2, 0.25) is 0 Å². The summed E-state index contributed by atoms with van der Waals surface area (Å²) in [7, 11) is -3.50. The minimum Gasteiger partial charge on any atom is -0.378 e. The van der Waals surface area contributed by atoms with Crippen LogP contribution in [0, 0.1) is 21.4 Å². The van der Waals surface area contributed by atoms with E-state index in [9.17, 15) is 41.3 Å². The van der Waals surface area contributed by atoms with Crippen LogP contribution in [0.5, 0.6) is 0 Å². The van der Waals surface area contributed by atoms with Gasteiger partial charge in [0, 0.05) is 76.4 Å². The van der Waals surface area contributed by atoms with E-state index >= 15 is 0 Å². The molecule has 18 heteroatoms. The van der Waals surface area contributed by atoms with Crippen LogP contribution < -0.4 is 9.80 Å². The smallest absolute Gasteiger partial charge is 0.378 e. The second-order valence-electron chi connectivity index (χ2n) is 15.8. The molecular formula is C47H47F3N6O8S.